The van der Waals surface area contributed by atoms with E-state index < -0.39 is 6.29 Å². The van der Waals surface area contributed by atoms with Crippen molar-refractivity contribution >= 4 is 21.0 Å². The summed E-state index contributed by atoms with van der Waals surface area (Å²) in [4.78, 5) is 0. The number of aliphatic hydroxyl groups is 1. The molecule has 0 rings (SSSR count). The smallest absolute Gasteiger partial charge is 0.173 e. The molecule has 10 heavy (non-hydrogen) atoms. The summed E-state index contributed by atoms with van der Waals surface area (Å²) >= 11 is 0. The molecule has 0 fully saturated rings. The summed E-state index contributed by atoms with van der Waals surface area (Å²) in [6.07, 6.45) is 0.550. The maximum Gasteiger partial charge on any atom is 0.173 e. The first-order valence-corrected chi connectivity index (χ1v) is 4.68. The van der Waals surface area contributed by atoms with E-state index in [4.69, 9.17) is 5.11 Å². The van der Waals surface area contributed by atoms with Crippen molar-refractivity contribution in [2.24, 2.45) is 0 Å². The summed E-state index contributed by atoms with van der Waals surface area (Å²) in [5.74, 6) is 0. The highest BCUT2D eigenvalue weighted by atomic mass is 28.3. The monoisotopic (exact) mass is 180 g/mol. The van der Waals surface area contributed by atoms with Gasteiger partial charge in [-0.05, 0) is 13.0 Å². The minimum Gasteiger partial charge on any atom is -0.471 e. The van der Waals surface area contributed by atoms with E-state index in [1.54, 1.807) is 0 Å². The third-order valence-corrected chi connectivity index (χ3v) is 0.539. The number of hydrogen-bond acceptors (Lipinski definition) is 3. The summed E-state index contributed by atoms with van der Waals surface area (Å²) in [5, 5.41) is 8.52. The molecule has 1 unspecified atom stereocenters. The molecule has 5 heteroatoms. The lowest BCUT2D eigenvalue weighted by Gasteiger charge is -2.01. The van der Waals surface area contributed by atoms with Gasteiger partial charge in [-0.2, -0.15) is 0 Å². The van der Waals surface area contributed by atoms with Crippen LogP contribution in [0.25, 0.3) is 0 Å². The highest BCUT2D eigenvalue weighted by Crippen LogP contribution is 1.83. The fourth-order valence-corrected chi connectivity index (χ4v) is 0.239. The summed E-state index contributed by atoms with van der Waals surface area (Å²) in [6.45, 7) is 5.64. The van der Waals surface area contributed by atoms with E-state index in [1.165, 1.54) is 6.08 Å². The van der Waals surface area contributed by atoms with E-state index in [0.717, 1.165) is 21.0 Å². The second-order valence-corrected chi connectivity index (χ2v) is 4.76. The van der Waals surface area contributed by atoms with Crippen molar-refractivity contribution in [1.82, 2.24) is 0 Å². The molecule has 1 atom stereocenters. The van der Waals surface area contributed by atoms with Gasteiger partial charge in [-0.25, -0.2) is 0 Å². The normalized spacial score (nSPS) is 11.8. The van der Waals surface area contributed by atoms with Crippen molar-refractivity contribution in [3.8, 4) is 0 Å². The highest BCUT2D eigenvalue weighted by Gasteiger charge is 1.89. The Morgan fingerprint density at radius 1 is 1.70 bits per heavy atom. The Bertz CT molecular complexity index is 69.9. The minimum atomic E-state index is -0.787. The molecule has 0 aliphatic heterocycles. The van der Waals surface area contributed by atoms with Gasteiger partial charge >= 0.3 is 0 Å². The van der Waals surface area contributed by atoms with Crippen molar-refractivity contribution < 1.29 is 14.0 Å². The van der Waals surface area contributed by atoms with Crippen LogP contribution in [0, 0.1) is 0 Å². The van der Waals surface area contributed by atoms with Gasteiger partial charge in [0, 0.05) is 6.61 Å². The lowest BCUT2D eigenvalue weighted by Crippen LogP contribution is -2.06. The van der Waals surface area contributed by atoms with E-state index in [-0.39, 0.29) is 0 Å². The zero-order chi connectivity index (χ0) is 8.41. The molecule has 3 nitrogen and oxygen atoms in total. The van der Waals surface area contributed by atoms with Crippen molar-refractivity contribution in [3.05, 3.63) is 12.7 Å². The average Bonchev–Trinajstić information content (AvgIpc) is 1.90. The number of rotatable bonds is 3. The highest BCUT2D eigenvalue weighted by molar-refractivity contribution is 6.15. The predicted octanol–water partition coefficient (Wildman–Crippen LogP) is -1.91. The quantitative estimate of drug-likeness (QED) is 0.313. The Balaban J connectivity index is 0. The van der Waals surface area contributed by atoms with Crippen molar-refractivity contribution in [2.45, 2.75) is 13.2 Å². The third-order valence-electron chi connectivity index (χ3n) is 0.539. The molecule has 0 radical (unpaired) electrons. The van der Waals surface area contributed by atoms with Crippen LogP contribution < -0.4 is 0 Å². The van der Waals surface area contributed by atoms with Crippen molar-refractivity contribution in [1.29, 1.82) is 0 Å². The molecular weight excluding hydrogens is 164 g/mol. The average molecular weight is 180 g/mol. The van der Waals surface area contributed by atoms with Gasteiger partial charge < -0.3 is 14.0 Å². The predicted molar refractivity (Wildman–Crippen MR) is 48.8 cm³/mol. The molecule has 0 aliphatic carbocycles. The molecule has 0 aromatic rings. The van der Waals surface area contributed by atoms with Gasteiger partial charge in [0.05, 0.1) is 0 Å². The van der Waals surface area contributed by atoms with Gasteiger partial charge in [-0.1, -0.05) is 6.58 Å². The Morgan fingerprint density at radius 3 is 2.20 bits per heavy atom. The van der Waals surface area contributed by atoms with Gasteiger partial charge in [0.2, 0.25) is 0 Å². The van der Waals surface area contributed by atoms with Crippen LogP contribution in [0.15, 0.2) is 12.7 Å². The first kappa shape index (κ1) is 12.7. The molecule has 0 saturated heterocycles. The minimum absolute atomic E-state index is 0.521. The molecule has 0 aliphatic rings. The van der Waals surface area contributed by atoms with Crippen LogP contribution in [-0.2, 0) is 8.85 Å². The van der Waals surface area contributed by atoms with Crippen LogP contribution in [0.1, 0.15) is 6.92 Å². The Labute approximate surface area is 68.1 Å². The lowest BCUT2D eigenvalue weighted by molar-refractivity contribution is -0.0584. The molecular formula is C5H16O3Si2. The molecule has 0 bridgehead atoms. The van der Waals surface area contributed by atoms with E-state index in [0.29, 0.717) is 6.61 Å². The SMILES string of the molecule is C=CC(O)OCC.[SiH3]O[SiH3]. The van der Waals surface area contributed by atoms with E-state index in [9.17, 15) is 0 Å². The van der Waals surface area contributed by atoms with Gasteiger partial charge in [-0.3, -0.25) is 0 Å². The maximum absolute atomic E-state index is 8.52. The van der Waals surface area contributed by atoms with Gasteiger partial charge in [0.25, 0.3) is 0 Å². The maximum atomic E-state index is 8.52. The molecule has 0 spiro atoms. The second-order valence-electron chi connectivity index (χ2n) is 1.49. The molecule has 0 heterocycles. The number of hydrogen-bond donors (Lipinski definition) is 1. The van der Waals surface area contributed by atoms with E-state index in [1.807, 2.05) is 6.92 Å². The topological polar surface area (TPSA) is 38.7 Å². The fraction of sp³-hybridized carbons (Fsp3) is 0.600. The first-order chi connectivity index (χ1) is 4.72. The number of aliphatic hydroxyl groups excluding tert-OH is 1. The number of ether oxygens (including phenoxy) is 1. The van der Waals surface area contributed by atoms with Gasteiger partial charge in [-0.15, -0.1) is 0 Å². The summed E-state index contributed by atoms with van der Waals surface area (Å²) < 4.78 is 9.16. The third kappa shape index (κ3) is 15.7. The van der Waals surface area contributed by atoms with E-state index >= 15 is 0 Å². The van der Waals surface area contributed by atoms with Crippen LogP contribution in [-0.4, -0.2) is 39.0 Å². The van der Waals surface area contributed by atoms with Crippen LogP contribution in [0.4, 0.5) is 0 Å². The Hall–Kier alpha value is 0.0538. The molecule has 0 amide bonds. The van der Waals surface area contributed by atoms with Crippen molar-refractivity contribution in [2.75, 3.05) is 6.61 Å². The first-order valence-electron chi connectivity index (χ1n) is 3.05. The molecule has 1 N–H and O–H groups in total. The van der Waals surface area contributed by atoms with Crippen LogP contribution in [0.3, 0.4) is 0 Å². The Kier molecular flexibility index (Phi) is 15.0. The largest absolute Gasteiger partial charge is 0.471 e. The zero-order valence-electron chi connectivity index (χ0n) is 6.83. The van der Waals surface area contributed by atoms with Gasteiger partial charge in [0.15, 0.2) is 6.29 Å². The summed E-state index contributed by atoms with van der Waals surface area (Å²) in [5.41, 5.74) is 0. The zero-order valence-corrected chi connectivity index (χ0v) is 10.8. The Morgan fingerprint density at radius 2 is 2.10 bits per heavy atom. The fourth-order valence-electron chi connectivity index (χ4n) is 0.239. The standard InChI is InChI=1S/C5H10O2.H6OSi2/c1-3-5(6)7-4-2;2-1-3/h3,5-6H,1,4H2,2H3;2-3H3. The van der Waals surface area contributed by atoms with E-state index in [2.05, 4.69) is 15.4 Å². The van der Waals surface area contributed by atoms with Crippen LogP contribution in [0.2, 0.25) is 0 Å². The molecule has 62 valence electrons. The van der Waals surface area contributed by atoms with Gasteiger partial charge in [0.1, 0.15) is 21.0 Å². The van der Waals surface area contributed by atoms with Crippen molar-refractivity contribution in [3.63, 3.8) is 0 Å². The molecule has 0 saturated carbocycles. The molecule has 0 aromatic heterocycles. The molecule has 0 aromatic carbocycles. The lowest BCUT2D eigenvalue weighted by atomic mass is 10.6. The van der Waals surface area contributed by atoms with Crippen LogP contribution >= 0.6 is 0 Å². The van der Waals surface area contributed by atoms with Crippen LogP contribution in [0.5, 0.6) is 0 Å². The summed E-state index contributed by atoms with van der Waals surface area (Å²) in [6, 6.07) is 0. The second kappa shape index (κ2) is 11.8. The summed E-state index contributed by atoms with van der Waals surface area (Å²) in [7, 11) is 1.86.